The van der Waals surface area contributed by atoms with Crippen molar-refractivity contribution in [2.24, 2.45) is 14.1 Å². The van der Waals surface area contributed by atoms with Gasteiger partial charge in [0.2, 0.25) is 0 Å². The van der Waals surface area contributed by atoms with Gasteiger partial charge in [0.25, 0.3) is 5.56 Å². The van der Waals surface area contributed by atoms with Crippen LogP contribution in [0.15, 0.2) is 34.1 Å². The van der Waals surface area contributed by atoms with Gasteiger partial charge in [-0.05, 0) is 18.2 Å². The van der Waals surface area contributed by atoms with E-state index in [1.54, 1.807) is 6.07 Å². The lowest BCUT2D eigenvalue weighted by atomic mass is 10.2. The summed E-state index contributed by atoms with van der Waals surface area (Å²) in [5.74, 6) is -0.814. The fraction of sp³-hybridized carbons (Fsp3) is 0.316. The summed E-state index contributed by atoms with van der Waals surface area (Å²) in [6.45, 7) is 0.769. The van der Waals surface area contributed by atoms with Crippen LogP contribution >= 0.6 is 11.3 Å². The molecular weight excluding hydrogens is 427 g/mol. The Labute approximate surface area is 177 Å². The molecule has 12 heteroatoms. The highest BCUT2D eigenvalue weighted by Crippen LogP contribution is 2.32. The maximum absolute atomic E-state index is 13.4. The largest absolute Gasteiger partial charge is 0.457 e. The molecule has 1 aromatic carbocycles. The summed E-state index contributed by atoms with van der Waals surface area (Å²) >= 11 is 1.38. The van der Waals surface area contributed by atoms with E-state index in [9.17, 15) is 18.8 Å². The highest BCUT2D eigenvalue weighted by Gasteiger charge is 2.32. The fourth-order valence-electron chi connectivity index (χ4n) is 3.57. The average Bonchev–Trinajstić information content (AvgIpc) is 3.30. The molecule has 0 atom stereocenters. The van der Waals surface area contributed by atoms with Crippen LogP contribution in [0.5, 0.6) is 0 Å². The predicted molar refractivity (Wildman–Crippen MR) is 112 cm³/mol. The number of nitrogens with zero attached hydrogens (tertiary/aromatic N) is 6. The van der Waals surface area contributed by atoms with Crippen LogP contribution in [-0.4, -0.2) is 48.8 Å². The molecule has 0 amide bonds. The number of carbonyl (C=O) groups is 1. The van der Waals surface area contributed by atoms with Crippen LogP contribution in [-0.2, 0) is 30.2 Å². The van der Waals surface area contributed by atoms with Gasteiger partial charge in [0, 0.05) is 14.1 Å². The van der Waals surface area contributed by atoms with Gasteiger partial charge >= 0.3 is 11.7 Å². The molecule has 0 N–H and O–H groups in total. The first-order chi connectivity index (χ1) is 14.8. The topological polar surface area (TPSA) is 104 Å². The van der Waals surface area contributed by atoms with Crippen molar-refractivity contribution in [3.8, 4) is 0 Å². The molecule has 1 aliphatic heterocycles. The first kappa shape index (κ1) is 19.4. The Morgan fingerprint density at radius 2 is 2.03 bits per heavy atom. The zero-order valence-electron chi connectivity index (χ0n) is 16.6. The van der Waals surface area contributed by atoms with Crippen molar-refractivity contribution in [3.63, 3.8) is 0 Å². The number of hydrogen-bond acceptors (Lipinski definition) is 8. The van der Waals surface area contributed by atoms with Gasteiger partial charge in [-0.3, -0.25) is 18.7 Å². The molecule has 0 unspecified atom stereocenters. The Morgan fingerprint density at radius 3 is 2.81 bits per heavy atom. The van der Waals surface area contributed by atoms with E-state index < -0.39 is 17.2 Å². The maximum Gasteiger partial charge on any atom is 0.332 e. The molecular formula is C19H17FN6O4S. The monoisotopic (exact) mass is 444 g/mol. The van der Waals surface area contributed by atoms with Gasteiger partial charge in [-0.1, -0.05) is 11.3 Å². The Hall–Kier alpha value is -3.54. The van der Waals surface area contributed by atoms with E-state index in [0.29, 0.717) is 13.1 Å². The van der Waals surface area contributed by atoms with Crippen molar-refractivity contribution in [2.75, 3.05) is 18.0 Å². The lowest BCUT2D eigenvalue weighted by Gasteiger charge is -2.38. The van der Waals surface area contributed by atoms with Gasteiger partial charge in [-0.25, -0.2) is 19.2 Å². The molecule has 0 bridgehead atoms. The van der Waals surface area contributed by atoms with E-state index in [-0.39, 0.29) is 29.6 Å². The number of anilines is 1. The molecule has 160 valence electrons. The van der Waals surface area contributed by atoms with E-state index in [4.69, 9.17) is 4.74 Å². The zero-order chi connectivity index (χ0) is 21.9. The first-order valence-electron chi connectivity index (χ1n) is 9.43. The van der Waals surface area contributed by atoms with Gasteiger partial charge in [0.15, 0.2) is 16.3 Å². The minimum atomic E-state index is -0.523. The summed E-state index contributed by atoms with van der Waals surface area (Å²) in [4.78, 5) is 47.4. The van der Waals surface area contributed by atoms with Crippen molar-refractivity contribution in [3.05, 3.63) is 51.2 Å². The number of ether oxygens (including phenoxy) is 1. The van der Waals surface area contributed by atoms with Crippen LogP contribution in [0.1, 0.15) is 0 Å². The number of fused-ring (bicyclic) bond motifs is 2. The van der Waals surface area contributed by atoms with Crippen LogP contribution in [0.4, 0.5) is 9.52 Å². The van der Waals surface area contributed by atoms with Crippen molar-refractivity contribution < 1.29 is 13.9 Å². The van der Waals surface area contributed by atoms with Crippen LogP contribution in [0.3, 0.4) is 0 Å². The second-order valence-corrected chi connectivity index (χ2v) is 8.38. The minimum absolute atomic E-state index is 0.165. The second kappa shape index (κ2) is 7.01. The van der Waals surface area contributed by atoms with Gasteiger partial charge in [0.1, 0.15) is 18.5 Å². The van der Waals surface area contributed by atoms with Crippen LogP contribution in [0.25, 0.3) is 21.4 Å². The molecule has 4 aromatic rings. The molecule has 0 spiro atoms. The van der Waals surface area contributed by atoms with Gasteiger partial charge < -0.3 is 14.2 Å². The molecule has 0 saturated carbocycles. The molecule has 10 nitrogen and oxygen atoms in total. The number of rotatable bonds is 4. The Bertz CT molecular complexity index is 1460. The molecule has 5 rings (SSSR count). The smallest absolute Gasteiger partial charge is 0.332 e. The average molecular weight is 444 g/mol. The lowest BCUT2D eigenvalue weighted by Crippen LogP contribution is -2.53. The van der Waals surface area contributed by atoms with E-state index in [2.05, 4.69) is 9.97 Å². The highest BCUT2D eigenvalue weighted by molar-refractivity contribution is 7.22. The molecule has 3 aromatic heterocycles. The second-order valence-electron chi connectivity index (χ2n) is 7.38. The summed E-state index contributed by atoms with van der Waals surface area (Å²) in [6, 6.07) is 4.46. The lowest BCUT2D eigenvalue weighted by molar-refractivity contribution is -0.150. The Balaban J connectivity index is 1.26. The van der Waals surface area contributed by atoms with Gasteiger partial charge in [-0.2, -0.15) is 0 Å². The van der Waals surface area contributed by atoms with E-state index in [0.717, 1.165) is 19.9 Å². The fourth-order valence-corrected chi connectivity index (χ4v) is 4.58. The summed E-state index contributed by atoms with van der Waals surface area (Å²) in [5, 5.41) is 0.748. The molecule has 1 saturated heterocycles. The molecule has 1 fully saturated rings. The van der Waals surface area contributed by atoms with E-state index in [1.807, 2.05) is 4.90 Å². The number of halogens is 1. The van der Waals surface area contributed by atoms with Gasteiger partial charge in [-0.15, -0.1) is 0 Å². The van der Waals surface area contributed by atoms with Gasteiger partial charge in [0.05, 0.1) is 29.6 Å². The third-order valence-corrected chi connectivity index (χ3v) is 6.35. The van der Waals surface area contributed by atoms with Crippen molar-refractivity contribution in [1.82, 2.24) is 23.7 Å². The summed E-state index contributed by atoms with van der Waals surface area (Å²) < 4.78 is 23.2. The number of esters is 1. The maximum atomic E-state index is 13.4. The highest BCUT2D eigenvalue weighted by atomic mass is 32.1. The quantitative estimate of drug-likeness (QED) is 0.425. The summed E-state index contributed by atoms with van der Waals surface area (Å²) in [7, 11) is 2.89. The number of benzene rings is 1. The van der Waals surface area contributed by atoms with Crippen molar-refractivity contribution in [2.45, 2.75) is 12.6 Å². The van der Waals surface area contributed by atoms with Crippen LogP contribution in [0, 0.1) is 5.82 Å². The zero-order valence-corrected chi connectivity index (χ0v) is 17.4. The Morgan fingerprint density at radius 1 is 1.26 bits per heavy atom. The molecule has 31 heavy (non-hydrogen) atoms. The molecule has 0 radical (unpaired) electrons. The SMILES string of the molecule is Cn1c(=O)c2c(ncn2CC(=O)OC2CN(c3nc4ccc(F)cc4s3)C2)n(C)c1=O. The number of aromatic nitrogens is 5. The van der Waals surface area contributed by atoms with Crippen molar-refractivity contribution >= 4 is 43.8 Å². The van der Waals surface area contributed by atoms with E-state index >= 15 is 0 Å². The normalized spacial score (nSPS) is 14.4. The standard InChI is InChI=1S/C19H17FN6O4S/c1-23-16-15(17(28)24(2)19(23)29)26(9-21-16)8-14(27)30-11-6-25(7-11)18-22-12-4-3-10(20)5-13(12)31-18/h3-5,9,11H,6-8H2,1-2H3. The number of imidazole rings is 1. The number of hydrogen-bond donors (Lipinski definition) is 0. The first-order valence-corrected chi connectivity index (χ1v) is 10.2. The molecule has 4 heterocycles. The molecule has 1 aliphatic rings. The van der Waals surface area contributed by atoms with E-state index in [1.165, 1.54) is 53.0 Å². The predicted octanol–water partition coefficient (Wildman–Crippen LogP) is 0.614. The molecule has 0 aliphatic carbocycles. The number of carbonyl (C=O) groups excluding carboxylic acids is 1. The number of aryl methyl sites for hydroxylation is 1. The van der Waals surface area contributed by atoms with Crippen LogP contribution in [0.2, 0.25) is 0 Å². The minimum Gasteiger partial charge on any atom is -0.457 e. The van der Waals surface area contributed by atoms with Crippen molar-refractivity contribution in [1.29, 1.82) is 0 Å². The van der Waals surface area contributed by atoms with Crippen LogP contribution < -0.4 is 16.1 Å². The third kappa shape index (κ3) is 3.19. The summed E-state index contributed by atoms with van der Waals surface area (Å²) in [5.41, 5.74) is 0.0919. The third-order valence-electron chi connectivity index (χ3n) is 5.27. The number of thiazole rings is 1. The Kier molecular flexibility index (Phi) is 4.39. The summed E-state index contributed by atoms with van der Waals surface area (Å²) in [6.07, 6.45) is 1.04.